The maximum absolute atomic E-state index is 5.94. The minimum absolute atomic E-state index is 0. The maximum Gasteiger partial charge on any atom is 0.213 e. The van der Waals surface area contributed by atoms with Crippen LogP contribution >= 0.6 is 24.0 Å². The Labute approximate surface area is 182 Å². The zero-order valence-corrected chi connectivity index (χ0v) is 18.5. The number of methoxy groups -OCH3 is 1. The molecule has 28 heavy (non-hydrogen) atoms. The molecule has 2 N–H and O–H groups in total. The molecule has 1 unspecified atom stereocenters. The smallest absolute Gasteiger partial charge is 0.213 e. The van der Waals surface area contributed by atoms with Gasteiger partial charge in [0.2, 0.25) is 5.88 Å². The van der Waals surface area contributed by atoms with Crippen LogP contribution in [0.2, 0.25) is 0 Å². The van der Waals surface area contributed by atoms with E-state index in [9.17, 15) is 0 Å². The first-order valence-electron chi connectivity index (χ1n) is 9.04. The molecule has 0 radical (unpaired) electrons. The average molecular weight is 498 g/mol. The number of benzene rings is 1. The van der Waals surface area contributed by atoms with Crippen LogP contribution in [0, 0.1) is 0 Å². The van der Waals surface area contributed by atoms with Crippen LogP contribution in [-0.4, -0.2) is 51.0 Å². The molecular weight excluding hydrogens is 471 g/mol. The second-order valence-electron chi connectivity index (χ2n) is 6.20. The normalized spacial score (nSPS) is 15.2. The number of pyridine rings is 1. The minimum atomic E-state index is 0. The molecule has 0 spiro atoms. The van der Waals surface area contributed by atoms with Crippen LogP contribution in [0.5, 0.6) is 11.6 Å². The van der Waals surface area contributed by atoms with E-state index in [1.165, 1.54) is 5.56 Å². The summed E-state index contributed by atoms with van der Waals surface area (Å²) >= 11 is 0. The molecule has 2 aromatic rings. The third-order valence-corrected chi connectivity index (χ3v) is 4.23. The standard InChI is InChI=1S/C20H26N4O3.HI/c1-21-20(24-14-17-11-16-5-3-4-6-18(16)27-17)23-13-15-7-8-19(22-12-15)26-10-9-25-2;/h3-8,12,17H,9-11,13-14H2,1-2H3,(H2,21,23,24);1H. The Morgan fingerprint density at radius 1 is 1.21 bits per heavy atom. The van der Waals surface area contributed by atoms with Gasteiger partial charge in [-0.15, -0.1) is 24.0 Å². The summed E-state index contributed by atoms with van der Waals surface area (Å²) in [6.07, 6.45) is 2.82. The van der Waals surface area contributed by atoms with Gasteiger partial charge in [-0.05, 0) is 17.2 Å². The van der Waals surface area contributed by atoms with Crippen LogP contribution in [0.25, 0.3) is 0 Å². The van der Waals surface area contributed by atoms with Gasteiger partial charge in [0.1, 0.15) is 18.5 Å². The monoisotopic (exact) mass is 498 g/mol. The van der Waals surface area contributed by atoms with Gasteiger partial charge in [0.25, 0.3) is 0 Å². The third kappa shape index (κ3) is 6.52. The van der Waals surface area contributed by atoms with Crippen LogP contribution in [0.15, 0.2) is 47.6 Å². The summed E-state index contributed by atoms with van der Waals surface area (Å²) in [6.45, 7) is 2.35. The first-order valence-corrected chi connectivity index (χ1v) is 9.04. The molecule has 152 valence electrons. The zero-order valence-electron chi connectivity index (χ0n) is 16.2. The fraction of sp³-hybridized carbons (Fsp3) is 0.400. The van der Waals surface area contributed by atoms with Crippen molar-refractivity contribution < 1.29 is 14.2 Å². The number of aliphatic imine (C=N–C) groups is 1. The van der Waals surface area contributed by atoms with E-state index in [2.05, 4.69) is 26.7 Å². The number of hydrogen-bond donors (Lipinski definition) is 2. The van der Waals surface area contributed by atoms with E-state index < -0.39 is 0 Å². The number of fused-ring (bicyclic) bond motifs is 1. The van der Waals surface area contributed by atoms with Crippen molar-refractivity contribution in [3.63, 3.8) is 0 Å². The molecule has 7 nitrogen and oxygen atoms in total. The second kappa shape index (κ2) is 11.7. The lowest BCUT2D eigenvalue weighted by atomic mass is 10.1. The van der Waals surface area contributed by atoms with Crippen molar-refractivity contribution in [2.24, 2.45) is 4.99 Å². The maximum atomic E-state index is 5.94. The topological polar surface area (TPSA) is 77.0 Å². The number of aromatic nitrogens is 1. The van der Waals surface area contributed by atoms with Gasteiger partial charge >= 0.3 is 0 Å². The van der Waals surface area contributed by atoms with Gasteiger partial charge in [-0.3, -0.25) is 4.99 Å². The molecule has 1 aromatic carbocycles. The van der Waals surface area contributed by atoms with E-state index in [1.54, 1.807) is 20.4 Å². The number of guanidine groups is 1. The van der Waals surface area contributed by atoms with Gasteiger partial charge in [0.15, 0.2) is 5.96 Å². The number of para-hydroxylation sites is 1. The van der Waals surface area contributed by atoms with E-state index in [1.807, 2.05) is 30.3 Å². The van der Waals surface area contributed by atoms with Gasteiger partial charge in [-0.2, -0.15) is 0 Å². The molecule has 0 bridgehead atoms. The van der Waals surface area contributed by atoms with Gasteiger partial charge < -0.3 is 24.8 Å². The Kier molecular flexibility index (Phi) is 9.29. The molecule has 1 aliphatic heterocycles. The molecule has 0 aliphatic carbocycles. The highest BCUT2D eigenvalue weighted by Gasteiger charge is 2.22. The van der Waals surface area contributed by atoms with E-state index in [0.29, 0.717) is 32.2 Å². The van der Waals surface area contributed by atoms with Crippen molar-refractivity contribution in [1.82, 2.24) is 15.6 Å². The molecule has 0 fully saturated rings. The van der Waals surface area contributed by atoms with E-state index in [4.69, 9.17) is 14.2 Å². The van der Waals surface area contributed by atoms with Crippen LogP contribution in [0.4, 0.5) is 0 Å². The average Bonchev–Trinajstić information content (AvgIpc) is 3.12. The summed E-state index contributed by atoms with van der Waals surface area (Å²) in [5.74, 6) is 2.30. The number of rotatable bonds is 8. The number of nitrogens with zero attached hydrogens (tertiary/aromatic N) is 2. The number of nitrogens with one attached hydrogen (secondary N) is 2. The quantitative estimate of drug-likeness (QED) is 0.252. The molecule has 1 atom stereocenters. The molecule has 0 amide bonds. The Morgan fingerprint density at radius 2 is 2.07 bits per heavy atom. The predicted molar refractivity (Wildman–Crippen MR) is 120 cm³/mol. The van der Waals surface area contributed by atoms with Crippen molar-refractivity contribution in [2.45, 2.75) is 19.1 Å². The van der Waals surface area contributed by atoms with E-state index >= 15 is 0 Å². The first-order chi connectivity index (χ1) is 13.3. The summed E-state index contributed by atoms with van der Waals surface area (Å²) in [4.78, 5) is 8.55. The summed E-state index contributed by atoms with van der Waals surface area (Å²) in [7, 11) is 3.40. The molecule has 1 aliphatic rings. The molecule has 0 saturated heterocycles. The largest absolute Gasteiger partial charge is 0.488 e. The summed E-state index contributed by atoms with van der Waals surface area (Å²) in [6, 6.07) is 12.0. The van der Waals surface area contributed by atoms with E-state index in [-0.39, 0.29) is 30.1 Å². The van der Waals surface area contributed by atoms with E-state index in [0.717, 1.165) is 23.7 Å². The van der Waals surface area contributed by atoms with Crippen LogP contribution in [0.1, 0.15) is 11.1 Å². The lowest BCUT2D eigenvalue weighted by Gasteiger charge is -2.15. The Balaban J connectivity index is 0.00000280. The highest BCUT2D eigenvalue weighted by atomic mass is 127. The van der Waals surface area contributed by atoms with Crippen LogP contribution < -0.4 is 20.1 Å². The number of hydrogen-bond acceptors (Lipinski definition) is 5. The Morgan fingerprint density at radius 3 is 2.79 bits per heavy atom. The van der Waals surface area contributed by atoms with Crippen LogP contribution in [0.3, 0.4) is 0 Å². The minimum Gasteiger partial charge on any atom is -0.488 e. The van der Waals surface area contributed by atoms with Crippen molar-refractivity contribution in [3.8, 4) is 11.6 Å². The van der Waals surface area contributed by atoms with Gasteiger partial charge in [0.05, 0.1) is 13.2 Å². The third-order valence-electron chi connectivity index (χ3n) is 4.23. The zero-order chi connectivity index (χ0) is 18.9. The summed E-state index contributed by atoms with van der Waals surface area (Å²) < 4.78 is 16.4. The van der Waals surface area contributed by atoms with Crippen molar-refractivity contribution in [3.05, 3.63) is 53.7 Å². The highest BCUT2D eigenvalue weighted by Crippen LogP contribution is 2.27. The fourth-order valence-electron chi connectivity index (χ4n) is 2.82. The van der Waals surface area contributed by atoms with Gasteiger partial charge in [0, 0.05) is 39.4 Å². The van der Waals surface area contributed by atoms with Crippen molar-refractivity contribution >= 4 is 29.9 Å². The molecule has 1 aromatic heterocycles. The highest BCUT2D eigenvalue weighted by molar-refractivity contribution is 14.0. The molecule has 3 rings (SSSR count). The van der Waals surface area contributed by atoms with Crippen molar-refractivity contribution in [1.29, 1.82) is 0 Å². The molecule has 0 saturated carbocycles. The lowest BCUT2D eigenvalue weighted by molar-refractivity contribution is 0.143. The van der Waals surface area contributed by atoms with Gasteiger partial charge in [-0.1, -0.05) is 24.3 Å². The van der Waals surface area contributed by atoms with Crippen LogP contribution in [-0.2, 0) is 17.7 Å². The summed E-state index contributed by atoms with van der Waals surface area (Å²) in [5, 5.41) is 6.60. The number of ether oxygens (including phenoxy) is 3. The summed E-state index contributed by atoms with van der Waals surface area (Å²) in [5.41, 5.74) is 2.30. The second-order valence-corrected chi connectivity index (χ2v) is 6.20. The Hall–Kier alpha value is -2.07. The Bertz CT molecular complexity index is 730. The predicted octanol–water partition coefficient (Wildman–Crippen LogP) is 2.39. The number of halogens is 1. The molecular formula is C20H27IN4O3. The van der Waals surface area contributed by atoms with Gasteiger partial charge in [-0.25, -0.2) is 4.98 Å². The molecule has 8 heteroatoms. The fourth-order valence-corrected chi connectivity index (χ4v) is 2.82. The molecule has 2 heterocycles. The SMILES string of the molecule is CN=C(NCc1ccc(OCCOC)nc1)NCC1Cc2ccccc2O1.I. The first kappa shape index (κ1) is 22.2. The lowest BCUT2D eigenvalue weighted by Crippen LogP contribution is -2.41. The van der Waals surface area contributed by atoms with Crippen molar-refractivity contribution in [2.75, 3.05) is 33.9 Å².